The molecule has 0 saturated carbocycles. The van der Waals surface area contributed by atoms with Crippen molar-refractivity contribution in [2.45, 2.75) is 18.9 Å². The Balaban J connectivity index is 1.37. The maximum Gasteiger partial charge on any atom is 0.407 e. The molecule has 0 saturated heterocycles. The van der Waals surface area contributed by atoms with E-state index in [0.717, 1.165) is 22.3 Å². The van der Waals surface area contributed by atoms with Gasteiger partial charge < -0.3 is 14.8 Å². The quantitative estimate of drug-likeness (QED) is 0.516. The molecule has 146 valence electrons. The first-order chi connectivity index (χ1) is 14.1. The van der Waals surface area contributed by atoms with Gasteiger partial charge in [-0.1, -0.05) is 66.7 Å². The van der Waals surface area contributed by atoms with Crippen molar-refractivity contribution in [1.29, 1.82) is 0 Å². The third-order valence-electron chi connectivity index (χ3n) is 4.99. The standard InChI is InChI=1S/C24H21NO4/c1-16(23(26)29-17-9-3-2-4-10-17)25-24(27)28-15-22-20-13-7-5-11-18(20)19-12-6-8-14-21(19)22/h2-14,16,22H,15H2,1H3,(H,25,27)/t16-/m0/s1. The average Bonchev–Trinajstić information content (AvgIpc) is 3.07. The summed E-state index contributed by atoms with van der Waals surface area (Å²) in [6.07, 6.45) is -0.649. The molecule has 0 unspecified atom stereocenters. The number of hydrogen-bond donors (Lipinski definition) is 1. The molecule has 5 heteroatoms. The fraction of sp³-hybridized carbons (Fsp3) is 0.167. The molecular weight excluding hydrogens is 366 g/mol. The molecule has 1 amide bonds. The number of alkyl carbamates (subject to hydrolysis) is 1. The largest absolute Gasteiger partial charge is 0.449 e. The summed E-state index contributed by atoms with van der Waals surface area (Å²) in [6, 6.07) is 24.2. The van der Waals surface area contributed by atoms with Crippen molar-refractivity contribution in [2.24, 2.45) is 0 Å². The van der Waals surface area contributed by atoms with Gasteiger partial charge in [-0.25, -0.2) is 9.59 Å². The van der Waals surface area contributed by atoms with Crippen LogP contribution < -0.4 is 10.1 Å². The highest BCUT2D eigenvalue weighted by atomic mass is 16.6. The van der Waals surface area contributed by atoms with Crippen molar-refractivity contribution in [3.05, 3.63) is 90.0 Å². The second-order valence-corrected chi connectivity index (χ2v) is 6.93. The summed E-state index contributed by atoms with van der Waals surface area (Å²) in [6.45, 7) is 1.76. The Morgan fingerprint density at radius 3 is 2.03 bits per heavy atom. The monoisotopic (exact) mass is 387 g/mol. The molecule has 0 spiro atoms. The van der Waals surface area contributed by atoms with E-state index in [0.29, 0.717) is 5.75 Å². The van der Waals surface area contributed by atoms with E-state index in [4.69, 9.17) is 9.47 Å². The van der Waals surface area contributed by atoms with Crippen LogP contribution in [0.5, 0.6) is 5.75 Å². The first-order valence-corrected chi connectivity index (χ1v) is 9.51. The Labute approximate surface area is 169 Å². The van der Waals surface area contributed by atoms with Gasteiger partial charge in [0.2, 0.25) is 0 Å². The summed E-state index contributed by atoms with van der Waals surface area (Å²) in [5, 5.41) is 2.54. The predicted molar refractivity (Wildman–Crippen MR) is 110 cm³/mol. The van der Waals surface area contributed by atoms with Crippen molar-refractivity contribution in [3.8, 4) is 16.9 Å². The summed E-state index contributed by atoms with van der Waals surface area (Å²) in [7, 11) is 0. The molecule has 0 radical (unpaired) electrons. The average molecular weight is 387 g/mol. The van der Waals surface area contributed by atoms with Crippen LogP contribution in [-0.4, -0.2) is 24.7 Å². The lowest BCUT2D eigenvalue weighted by molar-refractivity contribution is -0.136. The highest BCUT2D eigenvalue weighted by Gasteiger charge is 2.29. The van der Waals surface area contributed by atoms with E-state index in [1.54, 1.807) is 31.2 Å². The van der Waals surface area contributed by atoms with E-state index in [-0.39, 0.29) is 12.5 Å². The molecule has 1 N–H and O–H groups in total. The van der Waals surface area contributed by atoms with Gasteiger partial charge in [-0.15, -0.1) is 0 Å². The number of carbonyl (C=O) groups is 2. The lowest BCUT2D eigenvalue weighted by Gasteiger charge is -2.16. The van der Waals surface area contributed by atoms with Gasteiger partial charge in [0.25, 0.3) is 0 Å². The van der Waals surface area contributed by atoms with Crippen molar-refractivity contribution in [3.63, 3.8) is 0 Å². The fourth-order valence-corrected chi connectivity index (χ4v) is 3.57. The van der Waals surface area contributed by atoms with Crippen LogP contribution in [-0.2, 0) is 9.53 Å². The van der Waals surface area contributed by atoms with Crippen molar-refractivity contribution in [2.75, 3.05) is 6.61 Å². The molecule has 0 bridgehead atoms. The van der Waals surface area contributed by atoms with Gasteiger partial charge in [-0.3, -0.25) is 0 Å². The van der Waals surface area contributed by atoms with Gasteiger partial charge in [0, 0.05) is 5.92 Å². The molecule has 4 rings (SSSR count). The normalized spacial score (nSPS) is 13.1. The van der Waals surface area contributed by atoms with E-state index in [1.807, 2.05) is 30.3 Å². The van der Waals surface area contributed by atoms with Crippen molar-refractivity contribution >= 4 is 12.1 Å². The van der Waals surface area contributed by atoms with Crippen LogP contribution in [0.3, 0.4) is 0 Å². The zero-order valence-electron chi connectivity index (χ0n) is 16.0. The number of nitrogens with one attached hydrogen (secondary N) is 1. The minimum Gasteiger partial charge on any atom is -0.449 e. The Bertz CT molecular complexity index is 986. The molecule has 1 aliphatic carbocycles. The molecule has 3 aromatic carbocycles. The molecule has 1 atom stereocenters. The number of para-hydroxylation sites is 1. The summed E-state index contributed by atoms with van der Waals surface area (Å²) in [5.41, 5.74) is 4.60. The number of carbonyl (C=O) groups excluding carboxylic acids is 2. The Kier molecular flexibility index (Phi) is 5.29. The van der Waals surface area contributed by atoms with E-state index in [9.17, 15) is 9.59 Å². The SMILES string of the molecule is C[C@H](NC(=O)OCC1c2ccccc2-c2ccccc21)C(=O)Oc1ccccc1. The maximum absolute atomic E-state index is 12.2. The predicted octanol–water partition coefficient (Wildman–Crippen LogP) is 4.52. The first kappa shape index (κ1) is 18.7. The van der Waals surface area contributed by atoms with Crippen LogP contribution in [0.2, 0.25) is 0 Å². The van der Waals surface area contributed by atoms with Gasteiger partial charge in [0.1, 0.15) is 18.4 Å². The zero-order valence-corrected chi connectivity index (χ0v) is 16.0. The van der Waals surface area contributed by atoms with Crippen LogP contribution >= 0.6 is 0 Å². The fourth-order valence-electron chi connectivity index (χ4n) is 3.57. The second-order valence-electron chi connectivity index (χ2n) is 6.93. The van der Waals surface area contributed by atoms with Gasteiger partial charge in [0.05, 0.1) is 0 Å². The molecule has 29 heavy (non-hydrogen) atoms. The van der Waals surface area contributed by atoms with Crippen LogP contribution in [0.1, 0.15) is 24.0 Å². The third kappa shape index (κ3) is 3.99. The van der Waals surface area contributed by atoms with Crippen LogP contribution in [0.15, 0.2) is 78.9 Å². The number of amides is 1. The Morgan fingerprint density at radius 1 is 0.862 bits per heavy atom. The smallest absolute Gasteiger partial charge is 0.407 e. The number of rotatable bonds is 5. The van der Waals surface area contributed by atoms with Gasteiger partial charge in [0.15, 0.2) is 0 Å². The number of ether oxygens (including phenoxy) is 2. The molecular formula is C24H21NO4. The summed E-state index contributed by atoms with van der Waals surface area (Å²) >= 11 is 0. The van der Waals surface area contributed by atoms with E-state index in [1.165, 1.54) is 0 Å². The molecule has 0 heterocycles. The lowest BCUT2D eigenvalue weighted by Crippen LogP contribution is -2.41. The van der Waals surface area contributed by atoms with Gasteiger partial charge in [-0.2, -0.15) is 0 Å². The molecule has 3 aromatic rings. The first-order valence-electron chi connectivity index (χ1n) is 9.51. The summed E-state index contributed by atoms with van der Waals surface area (Å²) in [4.78, 5) is 24.4. The molecule has 0 aliphatic heterocycles. The van der Waals surface area contributed by atoms with Gasteiger partial charge in [-0.05, 0) is 41.3 Å². The zero-order chi connectivity index (χ0) is 20.2. The third-order valence-corrected chi connectivity index (χ3v) is 4.99. The van der Waals surface area contributed by atoms with E-state index in [2.05, 4.69) is 29.6 Å². The number of esters is 1. The minimum atomic E-state index is -0.828. The Morgan fingerprint density at radius 2 is 1.41 bits per heavy atom. The molecule has 1 aliphatic rings. The highest BCUT2D eigenvalue weighted by molar-refractivity contribution is 5.83. The number of fused-ring (bicyclic) bond motifs is 3. The second kappa shape index (κ2) is 8.19. The maximum atomic E-state index is 12.2. The molecule has 0 aromatic heterocycles. The van der Waals surface area contributed by atoms with E-state index < -0.39 is 18.1 Å². The molecule has 5 nitrogen and oxygen atoms in total. The summed E-state index contributed by atoms with van der Waals surface area (Å²) < 4.78 is 10.7. The highest BCUT2D eigenvalue weighted by Crippen LogP contribution is 2.44. The Hall–Kier alpha value is -3.60. The van der Waals surface area contributed by atoms with Crippen LogP contribution in [0.4, 0.5) is 4.79 Å². The summed E-state index contributed by atoms with van der Waals surface area (Å²) in [5.74, 6) is -0.150. The molecule has 0 fully saturated rings. The number of hydrogen-bond acceptors (Lipinski definition) is 4. The number of benzene rings is 3. The van der Waals surface area contributed by atoms with E-state index >= 15 is 0 Å². The lowest BCUT2D eigenvalue weighted by atomic mass is 9.98. The van der Waals surface area contributed by atoms with Gasteiger partial charge >= 0.3 is 12.1 Å². The topological polar surface area (TPSA) is 64.6 Å². The van der Waals surface area contributed by atoms with Crippen LogP contribution in [0, 0.1) is 0 Å². The van der Waals surface area contributed by atoms with Crippen molar-refractivity contribution < 1.29 is 19.1 Å². The minimum absolute atomic E-state index is 0.0280. The van der Waals surface area contributed by atoms with Crippen molar-refractivity contribution in [1.82, 2.24) is 5.32 Å². The van der Waals surface area contributed by atoms with Crippen LogP contribution in [0.25, 0.3) is 11.1 Å².